The Labute approximate surface area is 134 Å². The second kappa shape index (κ2) is 9.47. The van der Waals surface area contributed by atoms with Crippen molar-refractivity contribution in [3.63, 3.8) is 0 Å². The molecule has 6 nitrogen and oxygen atoms in total. The Kier molecular flexibility index (Phi) is 8.35. The Bertz CT molecular complexity index is 431. The molecule has 0 aromatic carbocycles. The second-order valence-electron chi connectivity index (χ2n) is 6.14. The highest BCUT2D eigenvalue weighted by atomic mass is 32.2. The van der Waals surface area contributed by atoms with E-state index in [0.717, 1.165) is 19.0 Å². The smallest absolute Gasteiger partial charge is 0.305 e. The Morgan fingerprint density at radius 2 is 2.00 bits per heavy atom. The minimum atomic E-state index is -3.32. The van der Waals surface area contributed by atoms with Crippen LogP contribution in [0.3, 0.4) is 0 Å². The number of nitrogens with zero attached hydrogens (tertiary/aromatic N) is 1. The van der Waals surface area contributed by atoms with E-state index in [1.54, 1.807) is 6.92 Å². The lowest BCUT2D eigenvalue weighted by atomic mass is 9.98. The molecule has 0 saturated carbocycles. The highest BCUT2D eigenvalue weighted by Crippen LogP contribution is 2.17. The van der Waals surface area contributed by atoms with Crippen LogP contribution in [0.15, 0.2) is 0 Å². The molecule has 0 aliphatic carbocycles. The van der Waals surface area contributed by atoms with Crippen LogP contribution in [0.2, 0.25) is 0 Å². The lowest BCUT2D eigenvalue weighted by Gasteiger charge is -2.34. The molecule has 1 heterocycles. The third kappa shape index (κ3) is 7.56. The lowest BCUT2D eigenvalue weighted by Crippen LogP contribution is -2.45. The summed E-state index contributed by atoms with van der Waals surface area (Å²) in [5.41, 5.74) is 0. The Balaban J connectivity index is 2.25. The number of hydrogen-bond acceptors (Lipinski definition) is 5. The van der Waals surface area contributed by atoms with Gasteiger partial charge in [0.2, 0.25) is 10.0 Å². The third-order valence-electron chi connectivity index (χ3n) is 4.14. The molecule has 0 radical (unpaired) electrons. The molecule has 22 heavy (non-hydrogen) atoms. The summed E-state index contributed by atoms with van der Waals surface area (Å²) in [5.74, 6) is 0.395. The molecule has 0 aromatic rings. The number of nitrogens with one attached hydrogen (secondary N) is 1. The van der Waals surface area contributed by atoms with E-state index in [-0.39, 0.29) is 24.2 Å². The summed E-state index contributed by atoms with van der Waals surface area (Å²) in [6.45, 7) is 8.87. The van der Waals surface area contributed by atoms with Gasteiger partial charge in [0.1, 0.15) is 0 Å². The Morgan fingerprint density at radius 1 is 1.36 bits per heavy atom. The summed E-state index contributed by atoms with van der Waals surface area (Å²) in [4.78, 5) is 13.5. The molecule has 1 atom stereocenters. The zero-order chi connectivity index (χ0) is 16.6. The van der Waals surface area contributed by atoms with Crippen molar-refractivity contribution >= 4 is 16.0 Å². The number of piperidine rings is 1. The predicted molar refractivity (Wildman–Crippen MR) is 87.1 cm³/mol. The van der Waals surface area contributed by atoms with Gasteiger partial charge in [-0.1, -0.05) is 6.92 Å². The molecule has 0 aromatic heterocycles. The van der Waals surface area contributed by atoms with Crippen LogP contribution in [-0.2, 0) is 19.6 Å². The van der Waals surface area contributed by atoms with Crippen LogP contribution < -0.4 is 4.72 Å². The number of esters is 1. The van der Waals surface area contributed by atoms with Gasteiger partial charge >= 0.3 is 5.97 Å². The molecule has 0 amide bonds. The number of carbonyl (C=O) groups is 1. The van der Waals surface area contributed by atoms with E-state index in [1.807, 2.05) is 0 Å². The minimum absolute atomic E-state index is 0.0322. The topological polar surface area (TPSA) is 75.7 Å². The minimum Gasteiger partial charge on any atom is -0.466 e. The van der Waals surface area contributed by atoms with Crippen LogP contribution in [-0.4, -0.2) is 57.3 Å². The molecule has 1 N–H and O–H groups in total. The standard InChI is InChI=1S/C15H30N2O4S/c1-4-21-15(18)6-5-11-22(19,20)16-12-14(3)17-9-7-13(2)8-10-17/h13-14,16H,4-12H2,1-3H3. The van der Waals surface area contributed by atoms with E-state index in [4.69, 9.17) is 4.74 Å². The van der Waals surface area contributed by atoms with E-state index in [9.17, 15) is 13.2 Å². The van der Waals surface area contributed by atoms with Crippen molar-refractivity contribution in [1.29, 1.82) is 0 Å². The van der Waals surface area contributed by atoms with E-state index < -0.39 is 10.0 Å². The zero-order valence-electron chi connectivity index (χ0n) is 14.0. The largest absolute Gasteiger partial charge is 0.466 e. The summed E-state index contributed by atoms with van der Waals surface area (Å²) in [7, 11) is -3.32. The van der Waals surface area contributed by atoms with Crippen LogP contribution in [0.1, 0.15) is 46.5 Å². The first kappa shape index (κ1) is 19.4. The van der Waals surface area contributed by atoms with Crippen LogP contribution in [0, 0.1) is 5.92 Å². The summed E-state index contributed by atoms with van der Waals surface area (Å²) in [6, 6.07) is 0.201. The van der Waals surface area contributed by atoms with Gasteiger partial charge in [0.25, 0.3) is 0 Å². The van der Waals surface area contributed by atoms with Gasteiger partial charge in [0.15, 0.2) is 0 Å². The number of ether oxygens (including phenoxy) is 1. The maximum atomic E-state index is 11.9. The van der Waals surface area contributed by atoms with E-state index in [2.05, 4.69) is 23.5 Å². The van der Waals surface area contributed by atoms with Gasteiger partial charge in [-0.3, -0.25) is 9.69 Å². The highest BCUT2D eigenvalue weighted by molar-refractivity contribution is 7.89. The van der Waals surface area contributed by atoms with Crippen molar-refractivity contribution in [2.24, 2.45) is 5.92 Å². The first-order valence-corrected chi connectivity index (χ1v) is 9.86. The molecule has 1 saturated heterocycles. The molecule has 0 spiro atoms. The van der Waals surface area contributed by atoms with Crippen molar-refractivity contribution in [2.75, 3.05) is 32.0 Å². The molecule has 1 aliphatic rings. The summed E-state index contributed by atoms with van der Waals surface area (Å²) >= 11 is 0. The van der Waals surface area contributed by atoms with Gasteiger partial charge in [-0.2, -0.15) is 0 Å². The van der Waals surface area contributed by atoms with Gasteiger partial charge in [-0.05, 0) is 52.1 Å². The van der Waals surface area contributed by atoms with Gasteiger partial charge in [-0.15, -0.1) is 0 Å². The first-order chi connectivity index (χ1) is 10.3. The number of sulfonamides is 1. The number of hydrogen-bond donors (Lipinski definition) is 1. The Hall–Kier alpha value is -0.660. The maximum absolute atomic E-state index is 11.9. The summed E-state index contributed by atoms with van der Waals surface area (Å²) in [6.07, 6.45) is 2.80. The first-order valence-electron chi connectivity index (χ1n) is 8.21. The van der Waals surface area contributed by atoms with Gasteiger partial charge < -0.3 is 4.74 Å². The highest BCUT2D eigenvalue weighted by Gasteiger charge is 2.21. The van der Waals surface area contributed by atoms with Crippen LogP contribution >= 0.6 is 0 Å². The lowest BCUT2D eigenvalue weighted by molar-refractivity contribution is -0.143. The maximum Gasteiger partial charge on any atom is 0.305 e. The molecule has 1 rings (SSSR count). The number of rotatable bonds is 9. The van der Waals surface area contributed by atoms with Gasteiger partial charge in [-0.25, -0.2) is 13.1 Å². The van der Waals surface area contributed by atoms with Crippen LogP contribution in [0.5, 0.6) is 0 Å². The molecule has 1 unspecified atom stereocenters. The average molecular weight is 334 g/mol. The molecule has 1 aliphatic heterocycles. The van der Waals surface area contributed by atoms with Crippen LogP contribution in [0.25, 0.3) is 0 Å². The Morgan fingerprint density at radius 3 is 2.59 bits per heavy atom. The molecule has 7 heteroatoms. The predicted octanol–water partition coefficient (Wildman–Crippen LogP) is 1.37. The molecule has 0 bridgehead atoms. The van der Waals surface area contributed by atoms with Gasteiger partial charge in [0.05, 0.1) is 12.4 Å². The van der Waals surface area contributed by atoms with Crippen molar-refractivity contribution in [3.05, 3.63) is 0 Å². The summed E-state index contributed by atoms with van der Waals surface area (Å²) in [5, 5.41) is 0. The molecular formula is C15H30N2O4S. The average Bonchev–Trinajstić information content (AvgIpc) is 2.46. The third-order valence-corrected chi connectivity index (χ3v) is 5.57. The van der Waals surface area contributed by atoms with Crippen molar-refractivity contribution < 1.29 is 17.9 Å². The van der Waals surface area contributed by atoms with Crippen molar-refractivity contribution in [2.45, 2.75) is 52.5 Å². The fourth-order valence-electron chi connectivity index (χ4n) is 2.56. The normalized spacial score (nSPS) is 19.0. The monoisotopic (exact) mass is 334 g/mol. The van der Waals surface area contributed by atoms with Crippen LogP contribution in [0.4, 0.5) is 0 Å². The van der Waals surface area contributed by atoms with Gasteiger partial charge in [0, 0.05) is 19.0 Å². The molecule has 1 fully saturated rings. The summed E-state index contributed by atoms with van der Waals surface area (Å²) < 4.78 is 31.3. The second-order valence-corrected chi connectivity index (χ2v) is 8.07. The van der Waals surface area contributed by atoms with E-state index in [0.29, 0.717) is 19.6 Å². The number of carbonyl (C=O) groups excluding carboxylic acids is 1. The van der Waals surface area contributed by atoms with Crippen molar-refractivity contribution in [3.8, 4) is 0 Å². The fourth-order valence-corrected chi connectivity index (χ4v) is 3.72. The van der Waals surface area contributed by atoms with E-state index >= 15 is 0 Å². The zero-order valence-corrected chi connectivity index (χ0v) is 14.8. The quantitative estimate of drug-likeness (QED) is 0.645. The molecule has 130 valence electrons. The SMILES string of the molecule is CCOC(=O)CCCS(=O)(=O)NCC(C)N1CCC(C)CC1. The number of likely N-dealkylation sites (tertiary alicyclic amines) is 1. The fraction of sp³-hybridized carbons (Fsp3) is 0.933. The van der Waals surface area contributed by atoms with Crippen molar-refractivity contribution in [1.82, 2.24) is 9.62 Å². The molecular weight excluding hydrogens is 304 g/mol. The van der Waals surface area contributed by atoms with E-state index in [1.165, 1.54) is 12.8 Å².